The van der Waals surface area contributed by atoms with Crippen molar-refractivity contribution in [3.8, 4) is 11.4 Å². The van der Waals surface area contributed by atoms with E-state index in [9.17, 15) is 9.59 Å². The van der Waals surface area contributed by atoms with Crippen LogP contribution in [-0.4, -0.2) is 19.9 Å². The number of fused-ring (bicyclic) bond motifs is 4. The van der Waals surface area contributed by atoms with E-state index in [4.69, 9.17) is 4.98 Å². The third-order valence-electron chi connectivity index (χ3n) is 4.43. The Morgan fingerprint density at radius 1 is 0.962 bits per heavy atom. The maximum atomic E-state index is 12.1. The van der Waals surface area contributed by atoms with Gasteiger partial charge in [0.25, 0.3) is 5.56 Å². The van der Waals surface area contributed by atoms with Crippen LogP contribution in [0, 0.1) is 6.92 Å². The highest BCUT2D eigenvalue weighted by Gasteiger charge is 2.16. The van der Waals surface area contributed by atoms with Crippen LogP contribution in [0.5, 0.6) is 0 Å². The zero-order chi connectivity index (χ0) is 17.8. The van der Waals surface area contributed by atoms with Crippen molar-refractivity contribution >= 4 is 42.5 Å². The molecule has 0 atom stereocenters. The molecule has 2 aromatic carbocycles. The van der Waals surface area contributed by atoms with Gasteiger partial charge in [0, 0.05) is 5.56 Å². The second kappa shape index (κ2) is 5.34. The SMILES string of the molecule is Cc1nc(-c2cccc3ccccc23)nc2sc3c(=O)[nH]c(=O)[nH]c3c12. The fourth-order valence-electron chi connectivity index (χ4n) is 3.29. The number of aromatic nitrogens is 4. The van der Waals surface area contributed by atoms with E-state index in [-0.39, 0.29) is 0 Å². The number of benzene rings is 2. The Morgan fingerprint density at radius 3 is 2.65 bits per heavy atom. The Bertz CT molecular complexity index is 1440. The van der Waals surface area contributed by atoms with E-state index in [2.05, 4.69) is 15.0 Å². The zero-order valence-electron chi connectivity index (χ0n) is 13.7. The molecular weight excluding hydrogens is 348 g/mol. The lowest BCUT2D eigenvalue weighted by Gasteiger charge is -2.07. The van der Waals surface area contributed by atoms with Crippen LogP contribution in [0.25, 0.3) is 42.6 Å². The Morgan fingerprint density at radius 2 is 1.77 bits per heavy atom. The van der Waals surface area contributed by atoms with Crippen molar-refractivity contribution < 1.29 is 0 Å². The molecule has 0 aliphatic heterocycles. The minimum atomic E-state index is -0.528. The quantitative estimate of drug-likeness (QED) is 0.479. The van der Waals surface area contributed by atoms with E-state index in [1.807, 2.05) is 49.4 Å². The number of rotatable bonds is 1. The van der Waals surface area contributed by atoms with Gasteiger partial charge in [-0.3, -0.25) is 9.78 Å². The molecule has 2 N–H and O–H groups in total. The lowest BCUT2D eigenvalue weighted by molar-refractivity contribution is 1.09. The summed E-state index contributed by atoms with van der Waals surface area (Å²) in [7, 11) is 0. The number of H-pyrrole nitrogens is 2. The van der Waals surface area contributed by atoms with Crippen LogP contribution in [-0.2, 0) is 0 Å². The van der Waals surface area contributed by atoms with Crippen LogP contribution in [0.2, 0.25) is 0 Å². The van der Waals surface area contributed by atoms with Gasteiger partial charge in [-0.15, -0.1) is 11.3 Å². The number of thiophene rings is 1. The highest BCUT2D eigenvalue weighted by atomic mass is 32.1. The van der Waals surface area contributed by atoms with Crippen molar-refractivity contribution in [2.75, 3.05) is 0 Å². The van der Waals surface area contributed by atoms with E-state index in [0.717, 1.165) is 27.4 Å². The van der Waals surface area contributed by atoms with E-state index < -0.39 is 11.2 Å². The molecule has 6 nitrogen and oxygen atoms in total. The average Bonchev–Trinajstić information content (AvgIpc) is 3.00. The summed E-state index contributed by atoms with van der Waals surface area (Å²) in [4.78, 5) is 38.7. The summed E-state index contributed by atoms with van der Waals surface area (Å²) < 4.78 is 0.451. The van der Waals surface area contributed by atoms with Gasteiger partial charge in [-0.1, -0.05) is 42.5 Å². The summed E-state index contributed by atoms with van der Waals surface area (Å²) >= 11 is 1.26. The molecule has 0 spiro atoms. The highest BCUT2D eigenvalue weighted by Crippen LogP contribution is 2.33. The van der Waals surface area contributed by atoms with Gasteiger partial charge in [-0.2, -0.15) is 0 Å². The van der Waals surface area contributed by atoms with Crippen LogP contribution in [0.15, 0.2) is 52.1 Å². The van der Waals surface area contributed by atoms with Crippen molar-refractivity contribution in [1.82, 2.24) is 19.9 Å². The summed E-state index contributed by atoms with van der Waals surface area (Å²) in [6, 6.07) is 14.1. The summed E-state index contributed by atoms with van der Waals surface area (Å²) in [5, 5.41) is 2.90. The number of hydrogen-bond donors (Lipinski definition) is 2. The monoisotopic (exact) mass is 360 g/mol. The maximum Gasteiger partial charge on any atom is 0.326 e. The minimum absolute atomic E-state index is 0.405. The number of nitrogens with one attached hydrogen (secondary N) is 2. The number of aromatic amines is 2. The first-order chi connectivity index (χ1) is 12.6. The molecule has 0 aliphatic rings. The van der Waals surface area contributed by atoms with Gasteiger partial charge < -0.3 is 4.98 Å². The number of aryl methyl sites for hydroxylation is 1. The molecule has 0 unspecified atom stereocenters. The Labute approximate surface area is 150 Å². The normalized spacial score (nSPS) is 11.6. The first-order valence-electron chi connectivity index (χ1n) is 8.03. The van der Waals surface area contributed by atoms with Crippen LogP contribution >= 0.6 is 11.3 Å². The lowest BCUT2D eigenvalue weighted by Crippen LogP contribution is -2.20. The summed E-state index contributed by atoms with van der Waals surface area (Å²) in [5.41, 5.74) is 1.23. The van der Waals surface area contributed by atoms with Gasteiger partial charge in [-0.05, 0) is 17.7 Å². The van der Waals surface area contributed by atoms with Gasteiger partial charge in [-0.25, -0.2) is 14.8 Å². The third kappa shape index (κ3) is 2.11. The predicted molar refractivity (Wildman–Crippen MR) is 104 cm³/mol. The molecule has 0 radical (unpaired) electrons. The van der Waals surface area contributed by atoms with Gasteiger partial charge in [0.05, 0.1) is 16.6 Å². The Balaban J connectivity index is 1.88. The van der Waals surface area contributed by atoms with Gasteiger partial charge >= 0.3 is 5.69 Å². The molecule has 5 rings (SSSR count). The molecule has 7 heteroatoms. The molecule has 0 fully saturated rings. The van der Waals surface area contributed by atoms with Gasteiger partial charge in [0.2, 0.25) is 0 Å². The lowest BCUT2D eigenvalue weighted by atomic mass is 10.0. The van der Waals surface area contributed by atoms with Crippen LogP contribution < -0.4 is 11.2 Å². The smallest absolute Gasteiger partial charge is 0.305 e. The molecule has 0 aliphatic carbocycles. The number of nitrogens with zero attached hydrogens (tertiary/aromatic N) is 2. The molecule has 5 aromatic rings. The average molecular weight is 360 g/mol. The molecule has 0 saturated carbocycles. The molecule has 3 heterocycles. The zero-order valence-corrected chi connectivity index (χ0v) is 14.5. The van der Waals surface area contributed by atoms with Crippen molar-refractivity contribution in [2.24, 2.45) is 0 Å². The predicted octanol–water partition coefficient (Wildman–Crippen LogP) is 3.35. The van der Waals surface area contributed by atoms with Crippen LogP contribution in [0.3, 0.4) is 0 Å². The molecule has 0 bridgehead atoms. The molecule has 126 valence electrons. The molecule has 26 heavy (non-hydrogen) atoms. The summed E-state index contributed by atoms with van der Waals surface area (Å²) in [6.07, 6.45) is 0. The van der Waals surface area contributed by atoms with Gasteiger partial charge in [0.1, 0.15) is 9.53 Å². The summed E-state index contributed by atoms with van der Waals surface area (Å²) in [6.45, 7) is 1.87. The van der Waals surface area contributed by atoms with Crippen molar-refractivity contribution in [2.45, 2.75) is 6.92 Å². The minimum Gasteiger partial charge on any atom is -0.305 e. The van der Waals surface area contributed by atoms with E-state index >= 15 is 0 Å². The highest BCUT2D eigenvalue weighted by molar-refractivity contribution is 7.25. The molecule has 3 aromatic heterocycles. The Kier molecular flexibility index (Phi) is 3.07. The topological polar surface area (TPSA) is 91.5 Å². The largest absolute Gasteiger partial charge is 0.326 e. The van der Waals surface area contributed by atoms with Crippen molar-refractivity contribution in [1.29, 1.82) is 0 Å². The molecule has 0 amide bonds. The fraction of sp³-hybridized carbons (Fsp3) is 0.0526. The maximum absolute atomic E-state index is 12.1. The second-order valence-corrected chi connectivity index (χ2v) is 7.05. The van der Waals surface area contributed by atoms with E-state index in [1.54, 1.807) is 0 Å². The number of hydrogen-bond acceptors (Lipinski definition) is 5. The first kappa shape index (κ1) is 15.0. The third-order valence-corrected chi connectivity index (χ3v) is 5.52. The van der Waals surface area contributed by atoms with E-state index in [0.29, 0.717) is 20.9 Å². The van der Waals surface area contributed by atoms with E-state index in [1.165, 1.54) is 11.3 Å². The molecule has 0 saturated heterocycles. The second-order valence-electron chi connectivity index (χ2n) is 6.05. The van der Waals surface area contributed by atoms with Crippen molar-refractivity contribution in [3.63, 3.8) is 0 Å². The fourth-order valence-corrected chi connectivity index (χ4v) is 4.37. The van der Waals surface area contributed by atoms with Crippen molar-refractivity contribution in [3.05, 3.63) is 69.0 Å². The standard InChI is InChI=1S/C19H12N4O2S/c1-9-13-14-15(17(24)23-19(25)21-14)26-18(13)22-16(20-9)12-8-4-6-10-5-2-3-7-11(10)12/h2-8H,1H3,(H2,21,23,24,25). The van der Waals surface area contributed by atoms with Gasteiger partial charge in [0.15, 0.2) is 5.82 Å². The first-order valence-corrected chi connectivity index (χ1v) is 8.85. The Hall–Kier alpha value is -3.32. The van der Waals surface area contributed by atoms with Crippen LogP contribution in [0.4, 0.5) is 0 Å². The molecular formula is C19H12N4O2S. The van der Waals surface area contributed by atoms with Crippen LogP contribution in [0.1, 0.15) is 5.69 Å². The summed E-state index contributed by atoms with van der Waals surface area (Å²) in [5.74, 6) is 0.608.